The molecular weight excluding hydrogens is 248 g/mol. The normalized spacial score (nSPS) is 16.9. The highest BCUT2D eigenvalue weighted by atomic mass is 16.1. The largest absolute Gasteiger partial charge is 0.294 e. The maximum Gasteiger partial charge on any atom is 0.166 e. The lowest BCUT2D eigenvalue weighted by Crippen LogP contribution is -2.28. The summed E-state index contributed by atoms with van der Waals surface area (Å²) in [6.07, 6.45) is 3.10. The summed E-state index contributed by atoms with van der Waals surface area (Å²) >= 11 is 0. The van der Waals surface area contributed by atoms with Crippen LogP contribution in [0.3, 0.4) is 0 Å². The van der Waals surface area contributed by atoms with Crippen LogP contribution < -0.4 is 0 Å². The third-order valence-corrected chi connectivity index (χ3v) is 3.73. The van der Waals surface area contributed by atoms with Crippen molar-refractivity contribution in [2.75, 3.05) is 0 Å². The van der Waals surface area contributed by atoms with Crippen LogP contribution in [-0.2, 0) is 6.42 Å². The number of Topliss-reactive ketones (excluding diaryl/α,β-unsaturated/α-hetero) is 1. The van der Waals surface area contributed by atoms with E-state index in [0.717, 1.165) is 17.7 Å². The molecule has 0 fully saturated rings. The summed E-state index contributed by atoms with van der Waals surface area (Å²) in [6, 6.07) is 8.12. The Kier molecular flexibility index (Phi) is 2.93. The lowest BCUT2D eigenvalue weighted by Gasteiger charge is -2.29. The Morgan fingerprint density at radius 1 is 1.20 bits per heavy atom. The predicted octanol–water partition coefficient (Wildman–Crippen LogP) is 3.61. The molecule has 1 aromatic heterocycles. The molecule has 1 heterocycles. The third kappa shape index (κ3) is 2.36. The van der Waals surface area contributed by atoms with Crippen molar-refractivity contribution < 1.29 is 4.79 Å². The van der Waals surface area contributed by atoms with Gasteiger partial charge in [0.15, 0.2) is 11.6 Å². The summed E-state index contributed by atoms with van der Waals surface area (Å²) in [6.45, 7) is 6.28. The van der Waals surface area contributed by atoms with Gasteiger partial charge in [-0.2, -0.15) is 0 Å². The molecule has 0 unspecified atom stereocenters. The van der Waals surface area contributed by atoms with E-state index < -0.39 is 0 Å². The van der Waals surface area contributed by atoms with Gasteiger partial charge in [0, 0.05) is 18.2 Å². The van der Waals surface area contributed by atoms with Crippen LogP contribution in [0.15, 0.2) is 30.5 Å². The molecule has 3 nitrogen and oxygen atoms in total. The van der Waals surface area contributed by atoms with Crippen LogP contribution >= 0.6 is 0 Å². The molecule has 3 heteroatoms. The van der Waals surface area contributed by atoms with Crippen molar-refractivity contribution in [1.29, 1.82) is 0 Å². The molecule has 0 spiro atoms. The SMILES string of the molecule is Cc1cccc(-c2ncc3c(n2)CC(C)(C)CC3=O)c1. The van der Waals surface area contributed by atoms with Crippen molar-refractivity contribution in [3.05, 3.63) is 47.3 Å². The van der Waals surface area contributed by atoms with E-state index in [4.69, 9.17) is 0 Å². The Labute approximate surface area is 119 Å². The topological polar surface area (TPSA) is 42.9 Å². The van der Waals surface area contributed by atoms with Crippen molar-refractivity contribution >= 4 is 5.78 Å². The van der Waals surface area contributed by atoms with Gasteiger partial charge in [0.05, 0.1) is 11.3 Å². The second-order valence-corrected chi connectivity index (χ2v) is 6.36. The smallest absolute Gasteiger partial charge is 0.166 e. The third-order valence-electron chi connectivity index (χ3n) is 3.73. The van der Waals surface area contributed by atoms with Gasteiger partial charge in [0.25, 0.3) is 0 Å². The van der Waals surface area contributed by atoms with Crippen molar-refractivity contribution in [3.8, 4) is 11.4 Å². The first-order valence-electron chi connectivity index (χ1n) is 6.91. The summed E-state index contributed by atoms with van der Waals surface area (Å²) < 4.78 is 0. The molecule has 0 radical (unpaired) electrons. The molecule has 2 aromatic rings. The molecular formula is C17H18N2O. The minimum atomic E-state index is -0.0116. The molecule has 1 aliphatic carbocycles. The van der Waals surface area contributed by atoms with Gasteiger partial charge in [-0.3, -0.25) is 4.79 Å². The van der Waals surface area contributed by atoms with E-state index in [1.54, 1.807) is 6.20 Å². The number of hydrogen-bond donors (Lipinski definition) is 0. The molecule has 3 rings (SSSR count). The number of benzene rings is 1. The highest BCUT2D eigenvalue weighted by molar-refractivity contribution is 5.98. The molecule has 0 aliphatic heterocycles. The fraction of sp³-hybridized carbons (Fsp3) is 0.353. The van der Waals surface area contributed by atoms with E-state index in [-0.39, 0.29) is 11.2 Å². The van der Waals surface area contributed by atoms with Crippen LogP contribution in [0.5, 0.6) is 0 Å². The Bertz CT molecular complexity index is 689. The number of carbonyl (C=O) groups excluding carboxylic acids is 1. The number of nitrogens with zero attached hydrogens (tertiary/aromatic N) is 2. The summed E-state index contributed by atoms with van der Waals surface area (Å²) in [5, 5.41) is 0. The highest BCUT2D eigenvalue weighted by Crippen LogP contribution is 2.34. The maximum absolute atomic E-state index is 12.1. The van der Waals surface area contributed by atoms with E-state index >= 15 is 0 Å². The Balaban J connectivity index is 2.07. The van der Waals surface area contributed by atoms with E-state index in [1.807, 2.05) is 12.1 Å². The number of ketones is 1. The van der Waals surface area contributed by atoms with Gasteiger partial charge >= 0.3 is 0 Å². The molecule has 20 heavy (non-hydrogen) atoms. The summed E-state index contributed by atoms with van der Waals surface area (Å²) in [5.74, 6) is 0.866. The number of hydrogen-bond acceptors (Lipinski definition) is 3. The maximum atomic E-state index is 12.1. The highest BCUT2D eigenvalue weighted by Gasteiger charge is 2.32. The van der Waals surface area contributed by atoms with Gasteiger partial charge in [-0.15, -0.1) is 0 Å². The van der Waals surface area contributed by atoms with Gasteiger partial charge in [-0.05, 0) is 24.8 Å². The quantitative estimate of drug-likeness (QED) is 0.792. The van der Waals surface area contributed by atoms with Crippen LogP contribution in [-0.4, -0.2) is 15.8 Å². The average Bonchev–Trinajstić information content (AvgIpc) is 2.36. The summed E-state index contributed by atoms with van der Waals surface area (Å²) in [4.78, 5) is 21.1. The van der Waals surface area contributed by atoms with E-state index in [9.17, 15) is 4.79 Å². The lowest BCUT2D eigenvalue weighted by atomic mass is 9.76. The first kappa shape index (κ1) is 13.0. The van der Waals surface area contributed by atoms with Gasteiger partial charge in [-0.25, -0.2) is 9.97 Å². The standard InChI is InChI=1S/C17H18N2O/c1-11-5-4-6-12(7-11)16-18-10-13-14(19-16)8-17(2,3)9-15(13)20/h4-7,10H,8-9H2,1-3H3. The molecule has 0 N–H and O–H groups in total. The second-order valence-electron chi connectivity index (χ2n) is 6.36. The van der Waals surface area contributed by atoms with E-state index in [1.165, 1.54) is 5.56 Å². The number of carbonyl (C=O) groups is 1. The number of fused-ring (bicyclic) bond motifs is 1. The van der Waals surface area contributed by atoms with Crippen molar-refractivity contribution in [1.82, 2.24) is 9.97 Å². The first-order chi connectivity index (χ1) is 9.44. The van der Waals surface area contributed by atoms with Crippen molar-refractivity contribution in [2.24, 2.45) is 5.41 Å². The Morgan fingerprint density at radius 2 is 2.00 bits per heavy atom. The minimum absolute atomic E-state index is 0.0116. The monoisotopic (exact) mass is 266 g/mol. The minimum Gasteiger partial charge on any atom is -0.294 e. The van der Waals surface area contributed by atoms with E-state index in [2.05, 4.69) is 42.9 Å². The summed E-state index contributed by atoms with van der Waals surface area (Å²) in [7, 11) is 0. The molecule has 0 bridgehead atoms. The van der Waals surface area contributed by atoms with Gasteiger partial charge < -0.3 is 0 Å². The van der Waals surface area contributed by atoms with Gasteiger partial charge in [0.2, 0.25) is 0 Å². The zero-order chi connectivity index (χ0) is 14.3. The molecule has 0 amide bonds. The fourth-order valence-corrected chi connectivity index (χ4v) is 2.75. The lowest BCUT2D eigenvalue weighted by molar-refractivity contribution is 0.0910. The number of aryl methyl sites for hydroxylation is 1. The van der Waals surface area contributed by atoms with Gasteiger partial charge in [-0.1, -0.05) is 37.6 Å². The average molecular weight is 266 g/mol. The van der Waals surface area contributed by atoms with Crippen molar-refractivity contribution in [2.45, 2.75) is 33.6 Å². The van der Waals surface area contributed by atoms with Crippen molar-refractivity contribution in [3.63, 3.8) is 0 Å². The zero-order valence-electron chi connectivity index (χ0n) is 12.1. The molecule has 0 atom stereocenters. The molecule has 1 aliphatic rings. The molecule has 102 valence electrons. The number of rotatable bonds is 1. The molecule has 0 saturated heterocycles. The second kappa shape index (κ2) is 4.51. The predicted molar refractivity (Wildman–Crippen MR) is 78.6 cm³/mol. The zero-order valence-corrected chi connectivity index (χ0v) is 12.1. The van der Waals surface area contributed by atoms with E-state index in [0.29, 0.717) is 17.8 Å². The fourth-order valence-electron chi connectivity index (χ4n) is 2.75. The molecule has 1 aromatic carbocycles. The van der Waals surface area contributed by atoms with Crippen LogP contribution in [0.2, 0.25) is 0 Å². The van der Waals surface area contributed by atoms with Crippen LogP contribution in [0.1, 0.15) is 41.9 Å². The van der Waals surface area contributed by atoms with Crippen LogP contribution in [0.25, 0.3) is 11.4 Å². The summed E-state index contributed by atoms with van der Waals surface area (Å²) in [5.41, 5.74) is 3.75. The Hall–Kier alpha value is -2.03. The van der Waals surface area contributed by atoms with Gasteiger partial charge in [0.1, 0.15) is 0 Å². The van der Waals surface area contributed by atoms with Crippen LogP contribution in [0.4, 0.5) is 0 Å². The van der Waals surface area contributed by atoms with Crippen LogP contribution in [0, 0.1) is 12.3 Å². The molecule has 0 saturated carbocycles. The Morgan fingerprint density at radius 3 is 2.75 bits per heavy atom. The number of aromatic nitrogens is 2. The first-order valence-corrected chi connectivity index (χ1v) is 6.91.